The lowest BCUT2D eigenvalue weighted by Crippen LogP contribution is -2.29. The van der Waals surface area contributed by atoms with E-state index in [0.717, 1.165) is 11.4 Å². The molecule has 2 aromatic rings. The Morgan fingerprint density at radius 1 is 1.24 bits per heavy atom. The smallest absolute Gasteiger partial charge is 0.259 e. The highest BCUT2D eigenvalue weighted by molar-refractivity contribution is 7.89. The van der Waals surface area contributed by atoms with Crippen LogP contribution in [-0.4, -0.2) is 47.0 Å². The highest BCUT2D eigenvalue weighted by Gasteiger charge is 2.27. The maximum absolute atomic E-state index is 12.8. The number of carbonyl (C=O) groups is 1. The van der Waals surface area contributed by atoms with Gasteiger partial charge in [0.25, 0.3) is 5.91 Å². The normalized spacial score (nSPS) is 13.6. The molecule has 1 N–H and O–H groups in total. The van der Waals surface area contributed by atoms with Crippen LogP contribution in [0.3, 0.4) is 0 Å². The fraction of sp³-hybridized carbons (Fsp3) is 0.294. The number of amides is 1. The van der Waals surface area contributed by atoms with E-state index in [1.54, 1.807) is 41.4 Å². The summed E-state index contributed by atoms with van der Waals surface area (Å²) in [4.78, 5) is 20.7. The second-order valence-corrected chi connectivity index (χ2v) is 7.89. The molecule has 0 radical (unpaired) electrons. The fourth-order valence-electron chi connectivity index (χ4n) is 2.79. The summed E-state index contributed by atoms with van der Waals surface area (Å²) in [6, 6.07) is 8.39. The summed E-state index contributed by atoms with van der Waals surface area (Å²) in [6.45, 7) is 0.520. The fourth-order valence-corrected chi connectivity index (χ4v) is 3.54. The number of sulfonamides is 1. The van der Waals surface area contributed by atoms with Gasteiger partial charge in [0.1, 0.15) is 5.82 Å². The number of carbonyl (C=O) groups excluding carboxylic acids is 1. The van der Waals surface area contributed by atoms with Gasteiger partial charge in [0.2, 0.25) is 10.0 Å². The van der Waals surface area contributed by atoms with Crippen LogP contribution >= 0.6 is 0 Å². The maximum Gasteiger partial charge on any atom is 0.259 e. The predicted octanol–water partition coefficient (Wildman–Crippen LogP) is 1.26. The molecular formula is C17H20N4O3S. The van der Waals surface area contributed by atoms with Gasteiger partial charge in [-0.05, 0) is 43.3 Å². The van der Waals surface area contributed by atoms with Crippen molar-refractivity contribution in [3.05, 3.63) is 47.7 Å². The minimum absolute atomic E-state index is 0.148. The van der Waals surface area contributed by atoms with Gasteiger partial charge in [-0.3, -0.25) is 4.79 Å². The van der Waals surface area contributed by atoms with E-state index in [4.69, 9.17) is 0 Å². The van der Waals surface area contributed by atoms with Crippen LogP contribution in [-0.2, 0) is 16.4 Å². The molecule has 8 heteroatoms. The molecule has 7 nitrogen and oxygen atoms in total. The first-order valence-electron chi connectivity index (χ1n) is 7.85. The average Bonchev–Trinajstić information content (AvgIpc) is 3.04. The lowest BCUT2D eigenvalue weighted by molar-refractivity contribution is 0.0989. The van der Waals surface area contributed by atoms with Crippen LogP contribution < -0.4 is 14.5 Å². The molecular weight excluding hydrogens is 340 g/mol. The summed E-state index contributed by atoms with van der Waals surface area (Å²) < 4.78 is 26.3. The Balaban J connectivity index is 1.93. The number of pyridine rings is 1. The molecule has 0 aliphatic carbocycles. The van der Waals surface area contributed by atoms with Gasteiger partial charge in [-0.2, -0.15) is 0 Å². The van der Waals surface area contributed by atoms with E-state index < -0.39 is 10.0 Å². The van der Waals surface area contributed by atoms with Crippen LogP contribution in [0, 0.1) is 0 Å². The zero-order valence-corrected chi connectivity index (χ0v) is 15.2. The average molecular weight is 360 g/mol. The number of nitrogens with zero attached hydrogens (tertiary/aromatic N) is 3. The first-order chi connectivity index (χ1) is 11.8. The Morgan fingerprint density at radius 2 is 2.00 bits per heavy atom. The minimum Gasteiger partial charge on any atom is -0.363 e. The SMILES string of the molecule is CNS(=O)(=O)c1ccc2c(c1)N(C(=O)c1ccc(N(C)C)nc1)CC2. The molecule has 0 unspecified atom stereocenters. The highest BCUT2D eigenvalue weighted by atomic mass is 32.2. The Bertz CT molecular complexity index is 908. The Labute approximate surface area is 147 Å². The second kappa shape index (κ2) is 6.45. The third kappa shape index (κ3) is 3.22. The third-order valence-electron chi connectivity index (χ3n) is 4.23. The van der Waals surface area contributed by atoms with Crippen molar-refractivity contribution in [1.82, 2.24) is 9.71 Å². The molecule has 0 fully saturated rings. The number of hydrogen-bond acceptors (Lipinski definition) is 5. The van der Waals surface area contributed by atoms with Crippen LogP contribution in [0.2, 0.25) is 0 Å². The first kappa shape index (κ1) is 17.4. The molecule has 0 bridgehead atoms. The molecule has 1 aliphatic rings. The van der Waals surface area contributed by atoms with Crippen molar-refractivity contribution in [3.63, 3.8) is 0 Å². The van der Waals surface area contributed by atoms with E-state index in [1.165, 1.54) is 7.05 Å². The van der Waals surface area contributed by atoms with Crippen LogP contribution in [0.5, 0.6) is 0 Å². The molecule has 132 valence electrons. The Morgan fingerprint density at radius 3 is 2.60 bits per heavy atom. The minimum atomic E-state index is -3.55. The zero-order valence-electron chi connectivity index (χ0n) is 14.4. The molecule has 1 aromatic carbocycles. The van der Waals surface area contributed by atoms with Gasteiger partial charge < -0.3 is 9.80 Å². The van der Waals surface area contributed by atoms with E-state index in [-0.39, 0.29) is 10.8 Å². The Hall–Kier alpha value is -2.45. The van der Waals surface area contributed by atoms with Gasteiger partial charge in [-0.15, -0.1) is 0 Å². The maximum atomic E-state index is 12.8. The van der Waals surface area contributed by atoms with Gasteiger partial charge >= 0.3 is 0 Å². The van der Waals surface area contributed by atoms with Gasteiger partial charge in [0.15, 0.2) is 0 Å². The van der Waals surface area contributed by atoms with Crippen molar-refractivity contribution >= 4 is 27.4 Å². The molecule has 1 aromatic heterocycles. The first-order valence-corrected chi connectivity index (χ1v) is 9.33. The number of aromatic nitrogens is 1. The summed E-state index contributed by atoms with van der Waals surface area (Å²) >= 11 is 0. The van der Waals surface area contributed by atoms with Crippen molar-refractivity contribution in [1.29, 1.82) is 0 Å². The largest absolute Gasteiger partial charge is 0.363 e. The number of fused-ring (bicyclic) bond motifs is 1. The summed E-state index contributed by atoms with van der Waals surface area (Å²) in [5.74, 6) is 0.580. The molecule has 0 saturated heterocycles. The van der Waals surface area contributed by atoms with Crippen molar-refractivity contribution in [3.8, 4) is 0 Å². The van der Waals surface area contributed by atoms with Gasteiger partial charge in [-0.1, -0.05) is 6.07 Å². The predicted molar refractivity (Wildman–Crippen MR) is 96.6 cm³/mol. The molecule has 0 atom stereocenters. The van der Waals surface area contributed by atoms with Crippen molar-refractivity contribution < 1.29 is 13.2 Å². The molecule has 1 aliphatic heterocycles. The quantitative estimate of drug-likeness (QED) is 0.888. The molecule has 0 spiro atoms. The molecule has 1 amide bonds. The number of hydrogen-bond donors (Lipinski definition) is 1. The van der Waals surface area contributed by atoms with Gasteiger partial charge in [0.05, 0.1) is 10.5 Å². The van der Waals surface area contributed by atoms with Crippen LogP contribution in [0.25, 0.3) is 0 Å². The molecule has 3 rings (SSSR count). The topological polar surface area (TPSA) is 82.6 Å². The summed E-state index contributed by atoms with van der Waals surface area (Å²) in [6.07, 6.45) is 2.24. The number of benzene rings is 1. The number of anilines is 2. The second-order valence-electron chi connectivity index (χ2n) is 6.00. The van der Waals surface area contributed by atoms with Crippen LogP contribution in [0.15, 0.2) is 41.4 Å². The van der Waals surface area contributed by atoms with Crippen molar-refractivity contribution in [2.24, 2.45) is 0 Å². The summed E-state index contributed by atoms with van der Waals surface area (Å²) in [5, 5.41) is 0. The standard InChI is InChI=1S/C17H20N4O3S/c1-18-25(23,24)14-6-4-12-8-9-21(15(12)10-14)17(22)13-5-7-16(19-11-13)20(2)3/h4-7,10-11,18H,8-9H2,1-3H3. The summed E-state index contributed by atoms with van der Waals surface area (Å²) in [7, 11) is 1.57. The van der Waals surface area contributed by atoms with E-state index in [9.17, 15) is 13.2 Å². The van der Waals surface area contributed by atoms with E-state index >= 15 is 0 Å². The van der Waals surface area contributed by atoms with E-state index in [2.05, 4.69) is 9.71 Å². The molecule has 0 saturated carbocycles. The number of rotatable bonds is 4. The van der Waals surface area contributed by atoms with Crippen molar-refractivity contribution in [2.45, 2.75) is 11.3 Å². The summed E-state index contributed by atoms with van der Waals surface area (Å²) in [5.41, 5.74) is 2.07. The van der Waals surface area contributed by atoms with Crippen LogP contribution in [0.4, 0.5) is 11.5 Å². The highest BCUT2D eigenvalue weighted by Crippen LogP contribution is 2.31. The van der Waals surface area contributed by atoms with Gasteiger partial charge in [-0.25, -0.2) is 18.1 Å². The third-order valence-corrected chi connectivity index (χ3v) is 5.64. The number of nitrogens with one attached hydrogen (secondary N) is 1. The van der Waals surface area contributed by atoms with Crippen LogP contribution in [0.1, 0.15) is 15.9 Å². The molecule has 25 heavy (non-hydrogen) atoms. The lowest BCUT2D eigenvalue weighted by Gasteiger charge is -2.18. The van der Waals surface area contributed by atoms with Crippen molar-refractivity contribution in [2.75, 3.05) is 37.5 Å². The lowest BCUT2D eigenvalue weighted by atomic mass is 10.2. The molecule has 2 heterocycles. The Kier molecular flexibility index (Phi) is 4.49. The van der Waals surface area contributed by atoms with E-state index in [0.29, 0.717) is 24.2 Å². The van der Waals surface area contributed by atoms with Gasteiger partial charge in [0, 0.05) is 32.5 Å². The monoisotopic (exact) mass is 360 g/mol. The van der Waals surface area contributed by atoms with E-state index in [1.807, 2.05) is 19.0 Å². The zero-order chi connectivity index (χ0) is 18.2.